The quantitative estimate of drug-likeness (QED) is 0.574. The van der Waals surface area contributed by atoms with Gasteiger partial charge < -0.3 is 0 Å². The van der Waals surface area contributed by atoms with Gasteiger partial charge in [0.1, 0.15) is 0 Å². The lowest BCUT2D eigenvalue weighted by Gasteiger charge is -2.09. The Labute approximate surface area is 109 Å². The highest BCUT2D eigenvalue weighted by molar-refractivity contribution is 7.80. The maximum Gasteiger partial charge on any atom is -0.00978 e. The van der Waals surface area contributed by atoms with E-state index in [2.05, 4.69) is 67.2 Å². The van der Waals surface area contributed by atoms with Gasteiger partial charge in [-0.15, -0.1) is 0 Å². The molecule has 0 amide bonds. The van der Waals surface area contributed by atoms with E-state index >= 15 is 0 Å². The molecule has 17 heavy (non-hydrogen) atoms. The first-order valence-corrected chi connectivity index (χ1v) is 6.79. The van der Waals surface area contributed by atoms with Gasteiger partial charge in [-0.2, -0.15) is 12.6 Å². The normalized spacial score (nSPS) is 10.4. The van der Waals surface area contributed by atoms with Crippen LogP contribution in [0.2, 0.25) is 0 Å². The molecule has 0 radical (unpaired) electrons. The molecule has 0 aliphatic carbocycles. The van der Waals surface area contributed by atoms with Crippen LogP contribution in [0.5, 0.6) is 0 Å². The summed E-state index contributed by atoms with van der Waals surface area (Å²) in [6.07, 6.45) is 3.55. The van der Waals surface area contributed by atoms with Crippen LogP contribution in [0.3, 0.4) is 0 Å². The number of benzene rings is 2. The van der Waals surface area contributed by atoms with Crippen LogP contribution in [0, 0.1) is 0 Å². The van der Waals surface area contributed by atoms with E-state index in [1.807, 2.05) is 0 Å². The van der Waals surface area contributed by atoms with Crippen LogP contribution in [-0.2, 0) is 6.42 Å². The van der Waals surface area contributed by atoms with Gasteiger partial charge in [0, 0.05) is 0 Å². The van der Waals surface area contributed by atoms with Crippen molar-refractivity contribution >= 4 is 12.6 Å². The molecule has 0 spiro atoms. The summed E-state index contributed by atoms with van der Waals surface area (Å²) in [5.41, 5.74) is 4.13. The molecule has 2 aromatic carbocycles. The molecule has 0 atom stereocenters. The second kappa shape index (κ2) is 6.51. The zero-order valence-electron chi connectivity index (χ0n) is 9.97. The largest absolute Gasteiger partial charge is 0.179 e. The van der Waals surface area contributed by atoms with Crippen LogP contribution >= 0.6 is 12.6 Å². The van der Waals surface area contributed by atoms with Crippen LogP contribution in [0.1, 0.15) is 18.4 Å². The van der Waals surface area contributed by atoms with Crippen molar-refractivity contribution in [2.24, 2.45) is 0 Å². The molecule has 88 valence electrons. The molecule has 2 rings (SSSR count). The van der Waals surface area contributed by atoms with Gasteiger partial charge in [0.25, 0.3) is 0 Å². The van der Waals surface area contributed by atoms with Crippen molar-refractivity contribution in [3.63, 3.8) is 0 Å². The standard InChI is InChI=1S/C16H18S/c17-13-7-6-11-15-10-4-5-12-16(15)14-8-2-1-3-9-14/h1-5,8-10,12,17H,6-7,11,13H2. The van der Waals surface area contributed by atoms with Crippen molar-refractivity contribution in [1.29, 1.82) is 0 Å². The van der Waals surface area contributed by atoms with E-state index in [4.69, 9.17) is 0 Å². The maximum absolute atomic E-state index is 4.26. The smallest absolute Gasteiger partial charge is 0.00978 e. The minimum Gasteiger partial charge on any atom is -0.179 e. The van der Waals surface area contributed by atoms with Crippen molar-refractivity contribution in [3.05, 3.63) is 60.2 Å². The number of unbranched alkanes of at least 4 members (excludes halogenated alkanes) is 1. The predicted octanol–water partition coefficient (Wildman–Crippen LogP) is 4.61. The fourth-order valence-electron chi connectivity index (χ4n) is 2.06. The highest BCUT2D eigenvalue weighted by Crippen LogP contribution is 2.24. The molecular weight excluding hydrogens is 224 g/mol. The van der Waals surface area contributed by atoms with Gasteiger partial charge in [-0.3, -0.25) is 0 Å². The summed E-state index contributed by atoms with van der Waals surface area (Å²) < 4.78 is 0. The van der Waals surface area contributed by atoms with E-state index < -0.39 is 0 Å². The van der Waals surface area contributed by atoms with Gasteiger partial charge in [-0.25, -0.2) is 0 Å². The monoisotopic (exact) mass is 242 g/mol. The molecule has 0 aliphatic rings. The average molecular weight is 242 g/mol. The van der Waals surface area contributed by atoms with E-state index in [1.54, 1.807) is 0 Å². The first-order chi connectivity index (χ1) is 8.42. The molecule has 2 aromatic rings. The lowest BCUT2D eigenvalue weighted by atomic mass is 9.96. The zero-order valence-corrected chi connectivity index (χ0v) is 10.9. The summed E-state index contributed by atoms with van der Waals surface area (Å²) in [7, 11) is 0. The average Bonchev–Trinajstić information content (AvgIpc) is 2.41. The minimum atomic E-state index is 0.980. The highest BCUT2D eigenvalue weighted by atomic mass is 32.1. The Hall–Kier alpha value is -1.21. The molecular formula is C16H18S. The summed E-state index contributed by atoms with van der Waals surface area (Å²) >= 11 is 4.26. The Morgan fingerprint density at radius 2 is 1.47 bits per heavy atom. The van der Waals surface area contributed by atoms with Crippen molar-refractivity contribution < 1.29 is 0 Å². The molecule has 0 aromatic heterocycles. The maximum atomic E-state index is 4.26. The molecule has 0 bridgehead atoms. The molecule has 0 nitrogen and oxygen atoms in total. The van der Waals surface area contributed by atoms with E-state index in [0.717, 1.165) is 12.2 Å². The van der Waals surface area contributed by atoms with Gasteiger partial charge in [0.15, 0.2) is 0 Å². The van der Waals surface area contributed by atoms with E-state index in [0.29, 0.717) is 0 Å². The van der Waals surface area contributed by atoms with Gasteiger partial charge in [-0.1, -0.05) is 54.6 Å². The van der Waals surface area contributed by atoms with Crippen LogP contribution in [0.25, 0.3) is 11.1 Å². The molecule has 0 saturated heterocycles. The fraction of sp³-hybridized carbons (Fsp3) is 0.250. The summed E-state index contributed by atoms with van der Waals surface area (Å²) in [5, 5.41) is 0. The lowest BCUT2D eigenvalue weighted by Crippen LogP contribution is -1.90. The van der Waals surface area contributed by atoms with E-state index in [1.165, 1.54) is 29.5 Å². The molecule has 1 heteroatoms. The van der Waals surface area contributed by atoms with Gasteiger partial charge in [-0.05, 0) is 41.7 Å². The van der Waals surface area contributed by atoms with Crippen LogP contribution in [0.15, 0.2) is 54.6 Å². The highest BCUT2D eigenvalue weighted by Gasteiger charge is 2.03. The SMILES string of the molecule is SCCCCc1ccccc1-c1ccccc1. The van der Waals surface area contributed by atoms with Crippen LogP contribution in [-0.4, -0.2) is 5.75 Å². The molecule has 0 heterocycles. The third-order valence-electron chi connectivity index (χ3n) is 2.96. The lowest BCUT2D eigenvalue weighted by molar-refractivity contribution is 0.805. The van der Waals surface area contributed by atoms with Gasteiger partial charge >= 0.3 is 0 Å². The predicted molar refractivity (Wildman–Crippen MR) is 78.7 cm³/mol. The molecule has 0 N–H and O–H groups in total. The molecule has 0 fully saturated rings. The number of thiol groups is 1. The Kier molecular flexibility index (Phi) is 4.69. The van der Waals surface area contributed by atoms with Crippen molar-refractivity contribution in [2.45, 2.75) is 19.3 Å². The Morgan fingerprint density at radius 1 is 0.765 bits per heavy atom. The van der Waals surface area contributed by atoms with Gasteiger partial charge in [0.05, 0.1) is 0 Å². The second-order valence-corrected chi connectivity index (χ2v) is 4.65. The molecule has 0 saturated carbocycles. The van der Waals surface area contributed by atoms with Crippen molar-refractivity contribution in [1.82, 2.24) is 0 Å². The summed E-state index contributed by atoms with van der Waals surface area (Å²) in [6.45, 7) is 0. The summed E-state index contributed by atoms with van der Waals surface area (Å²) in [6, 6.07) is 19.3. The number of hydrogen-bond acceptors (Lipinski definition) is 1. The Morgan fingerprint density at radius 3 is 2.24 bits per heavy atom. The molecule has 0 unspecified atom stereocenters. The van der Waals surface area contributed by atoms with E-state index in [9.17, 15) is 0 Å². The number of rotatable bonds is 5. The summed E-state index contributed by atoms with van der Waals surface area (Å²) in [4.78, 5) is 0. The van der Waals surface area contributed by atoms with Gasteiger partial charge in [0.2, 0.25) is 0 Å². The first kappa shape index (κ1) is 12.3. The third kappa shape index (κ3) is 3.37. The topological polar surface area (TPSA) is 0 Å². The Bertz CT molecular complexity index is 448. The number of aryl methyl sites for hydroxylation is 1. The summed E-state index contributed by atoms with van der Waals surface area (Å²) in [5.74, 6) is 0.980. The Balaban J connectivity index is 2.22. The zero-order chi connectivity index (χ0) is 11.9. The van der Waals surface area contributed by atoms with Crippen LogP contribution < -0.4 is 0 Å². The third-order valence-corrected chi connectivity index (χ3v) is 3.27. The fourth-order valence-corrected chi connectivity index (χ4v) is 2.29. The van der Waals surface area contributed by atoms with Crippen molar-refractivity contribution in [3.8, 4) is 11.1 Å². The van der Waals surface area contributed by atoms with Crippen LogP contribution in [0.4, 0.5) is 0 Å². The van der Waals surface area contributed by atoms with Crippen molar-refractivity contribution in [2.75, 3.05) is 5.75 Å². The molecule has 0 aliphatic heterocycles. The second-order valence-electron chi connectivity index (χ2n) is 4.20. The number of hydrogen-bond donors (Lipinski definition) is 1. The minimum absolute atomic E-state index is 0.980. The first-order valence-electron chi connectivity index (χ1n) is 6.16. The van der Waals surface area contributed by atoms with E-state index in [-0.39, 0.29) is 0 Å².